The van der Waals surface area contributed by atoms with Crippen LogP contribution in [0.1, 0.15) is 0 Å². The first-order valence-electron chi connectivity index (χ1n) is 4.98. The van der Waals surface area contributed by atoms with Gasteiger partial charge >= 0.3 is 0 Å². The summed E-state index contributed by atoms with van der Waals surface area (Å²) in [6.45, 7) is 0. The third-order valence-electron chi connectivity index (χ3n) is 2.54. The molecule has 0 aliphatic rings. The highest BCUT2D eigenvalue weighted by Gasteiger charge is 2.04. The standard InChI is InChI=1S/C12H7Cl2N3/c13-9-2-1-7(3-10(9)14)8-4-11-12(15-5-8)6-16-17-11/h1-6H,(H,16,17). The Bertz CT molecular complexity index is 691. The SMILES string of the molecule is Clc1ccc(-c2cnc3cn[nH]c3c2)cc1Cl. The van der Waals surface area contributed by atoms with Crippen molar-refractivity contribution in [2.24, 2.45) is 0 Å². The van der Waals surface area contributed by atoms with Gasteiger partial charge in [-0.15, -0.1) is 0 Å². The van der Waals surface area contributed by atoms with Gasteiger partial charge in [-0.05, 0) is 23.8 Å². The van der Waals surface area contributed by atoms with Gasteiger partial charge < -0.3 is 0 Å². The number of aromatic nitrogens is 3. The molecule has 0 aliphatic heterocycles. The maximum atomic E-state index is 5.99. The van der Waals surface area contributed by atoms with Gasteiger partial charge in [0.1, 0.15) is 5.52 Å². The number of fused-ring (bicyclic) bond motifs is 1. The highest BCUT2D eigenvalue weighted by atomic mass is 35.5. The maximum absolute atomic E-state index is 5.99. The summed E-state index contributed by atoms with van der Waals surface area (Å²) in [5, 5.41) is 7.90. The van der Waals surface area contributed by atoms with E-state index in [2.05, 4.69) is 15.2 Å². The minimum Gasteiger partial charge on any atom is -0.276 e. The zero-order chi connectivity index (χ0) is 11.8. The van der Waals surface area contributed by atoms with Crippen LogP contribution >= 0.6 is 23.2 Å². The Hall–Kier alpha value is -1.58. The van der Waals surface area contributed by atoms with Crippen molar-refractivity contribution in [3.05, 3.63) is 46.7 Å². The zero-order valence-electron chi connectivity index (χ0n) is 8.61. The summed E-state index contributed by atoms with van der Waals surface area (Å²) in [6.07, 6.45) is 3.48. The zero-order valence-corrected chi connectivity index (χ0v) is 10.1. The molecule has 0 atom stereocenters. The summed E-state index contributed by atoms with van der Waals surface area (Å²) in [7, 11) is 0. The lowest BCUT2D eigenvalue weighted by molar-refractivity contribution is 1.12. The van der Waals surface area contributed by atoms with Gasteiger partial charge in [0, 0.05) is 11.8 Å². The highest BCUT2D eigenvalue weighted by Crippen LogP contribution is 2.29. The molecule has 1 N–H and O–H groups in total. The number of nitrogens with zero attached hydrogens (tertiary/aromatic N) is 2. The van der Waals surface area contributed by atoms with E-state index >= 15 is 0 Å². The molecule has 5 heteroatoms. The van der Waals surface area contributed by atoms with Crippen molar-refractivity contribution in [2.45, 2.75) is 0 Å². The minimum absolute atomic E-state index is 0.536. The highest BCUT2D eigenvalue weighted by molar-refractivity contribution is 6.42. The van der Waals surface area contributed by atoms with Crippen LogP contribution < -0.4 is 0 Å². The first-order chi connectivity index (χ1) is 8.24. The third-order valence-corrected chi connectivity index (χ3v) is 3.28. The van der Waals surface area contributed by atoms with E-state index in [1.165, 1.54) is 0 Å². The molecule has 1 aromatic carbocycles. The Morgan fingerprint density at radius 2 is 1.82 bits per heavy atom. The van der Waals surface area contributed by atoms with E-state index < -0.39 is 0 Å². The van der Waals surface area contributed by atoms with Crippen LogP contribution in [0.4, 0.5) is 0 Å². The first-order valence-corrected chi connectivity index (χ1v) is 5.74. The van der Waals surface area contributed by atoms with Gasteiger partial charge in [0.25, 0.3) is 0 Å². The predicted molar refractivity (Wildman–Crippen MR) is 69.3 cm³/mol. The van der Waals surface area contributed by atoms with E-state index in [0.717, 1.165) is 22.2 Å². The summed E-state index contributed by atoms with van der Waals surface area (Å²) >= 11 is 11.9. The molecule has 0 fully saturated rings. The van der Waals surface area contributed by atoms with Crippen LogP contribution in [0.25, 0.3) is 22.2 Å². The molecule has 3 aromatic rings. The van der Waals surface area contributed by atoms with Crippen molar-refractivity contribution in [3.8, 4) is 11.1 Å². The molecule has 0 amide bonds. The number of aromatic amines is 1. The molecular formula is C12H7Cl2N3. The van der Waals surface area contributed by atoms with Crippen LogP contribution in [0.3, 0.4) is 0 Å². The largest absolute Gasteiger partial charge is 0.276 e. The fourth-order valence-electron chi connectivity index (χ4n) is 1.66. The monoisotopic (exact) mass is 263 g/mol. The second kappa shape index (κ2) is 4.02. The average Bonchev–Trinajstić information content (AvgIpc) is 2.79. The lowest BCUT2D eigenvalue weighted by Gasteiger charge is -2.03. The number of pyridine rings is 1. The van der Waals surface area contributed by atoms with Crippen molar-refractivity contribution in [3.63, 3.8) is 0 Å². The van der Waals surface area contributed by atoms with E-state index in [1.807, 2.05) is 18.2 Å². The molecule has 0 radical (unpaired) electrons. The number of nitrogens with one attached hydrogen (secondary N) is 1. The molecular weight excluding hydrogens is 257 g/mol. The maximum Gasteiger partial charge on any atom is 0.108 e. The smallest absolute Gasteiger partial charge is 0.108 e. The van der Waals surface area contributed by atoms with Crippen LogP contribution in [0.15, 0.2) is 36.7 Å². The van der Waals surface area contributed by atoms with Crippen molar-refractivity contribution >= 4 is 34.2 Å². The van der Waals surface area contributed by atoms with Crippen LogP contribution in [-0.2, 0) is 0 Å². The Kier molecular flexibility index (Phi) is 2.50. The normalized spacial score (nSPS) is 10.9. The molecule has 3 nitrogen and oxygen atoms in total. The molecule has 2 heterocycles. The molecule has 2 aromatic heterocycles. The second-order valence-electron chi connectivity index (χ2n) is 3.66. The van der Waals surface area contributed by atoms with E-state index in [0.29, 0.717) is 10.0 Å². The summed E-state index contributed by atoms with van der Waals surface area (Å²) in [5.41, 5.74) is 3.69. The van der Waals surface area contributed by atoms with Crippen LogP contribution in [0.5, 0.6) is 0 Å². The topological polar surface area (TPSA) is 41.6 Å². The summed E-state index contributed by atoms with van der Waals surface area (Å²) in [4.78, 5) is 4.30. The van der Waals surface area contributed by atoms with Crippen LogP contribution in [0, 0.1) is 0 Å². The van der Waals surface area contributed by atoms with Crippen LogP contribution in [0.2, 0.25) is 10.0 Å². The van der Waals surface area contributed by atoms with Gasteiger partial charge in [-0.25, -0.2) is 0 Å². The van der Waals surface area contributed by atoms with Crippen molar-refractivity contribution in [1.29, 1.82) is 0 Å². The lowest BCUT2D eigenvalue weighted by atomic mass is 10.1. The van der Waals surface area contributed by atoms with E-state index in [1.54, 1.807) is 18.5 Å². The predicted octanol–water partition coefficient (Wildman–Crippen LogP) is 3.93. The molecule has 3 rings (SSSR count). The summed E-state index contributed by atoms with van der Waals surface area (Å²) in [5.74, 6) is 0. The molecule has 0 spiro atoms. The molecule has 0 aliphatic carbocycles. The van der Waals surface area contributed by atoms with Gasteiger partial charge in [-0.1, -0.05) is 29.3 Å². The van der Waals surface area contributed by atoms with Crippen molar-refractivity contribution < 1.29 is 0 Å². The number of halogens is 2. The number of benzene rings is 1. The van der Waals surface area contributed by atoms with Gasteiger partial charge in [0.15, 0.2) is 0 Å². The molecule has 0 bridgehead atoms. The van der Waals surface area contributed by atoms with Gasteiger partial charge in [0.2, 0.25) is 0 Å². The number of H-pyrrole nitrogens is 1. The molecule has 84 valence electrons. The average molecular weight is 264 g/mol. The number of hydrogen-bond acceptors (Lipinski definition) is 2. The Labute approximate surface area is 107 Å². The molecule has 0 saturated heterocycles. The molecule has 0 saturated carbocycles. The molecule has 17 heavy (non-hydrogen) atoms. The number of hydrogen-bond donors (Lipinski definition) is 1. The molecule has 0 unspecified atom stereocenters. The summed E-state index contributed by atoms with van der Waals surface area (Å²) in [6, 6.07) is 7.49. The Morgan fingerprint density at radius 1 is 0.941 bits per heavy atom. The minimum atomic E-state index is 0.536. The lowest BCUT2D eigenvalue weighted by Crippen LogP contribution is -1.82. The van der Waals surface area contributed by atoms with Crippen molar-refractivity contribution in [1.82, 2.24) is 15.2 Å². The third kappa shape index (κ3) is 1.88. The fourth-order valence-corrected chi connectivity index (χ4v) is 1.96. The van der Waals surface area contributed by atoms with Gasteiger partial charge in [-0.2, -0.15) is 5.10 Å². The van der Waals surface area contributed by atoms with E-state index in [-0.39, 0.29) is 0 Å². The van der Waals surface area contributed by atoms with Crippen LogP contribution in [-0.4, -0.2) is 15.2 Å². The quantitative estimate of drug-likeness (QED) is 0.723. The van der Waals surface area contributed by atoms with Gasteiger partial charge in [0.05, 0.1) is 21.8 Å². The van der Waals surface area contributed by atoms with E-state index in [9.17, 15) is 0 Å². The van der Waals surface area contributed by atoms with Gasteiger partial charge in [-0.3, -0.25) is 10.1 Å². The van der Waals surface area contributed by atoms with E-state index in [4.69, 9.17) is 23.2 Å². The second-order valence-corrected chi connectivity index (χ2v) is 4.47. The first kappa shape index (κ1) is 10.6. The Balaban J connectivity index is 2.16. The summed E-state index contributed by atoms with van der Waals surface area (Å²) < 4.78 is 0. The number of rotatable bonds is 1. The van der Waals surface area contributed by atoms with Crippen molar-refractivity contribution in [2.75, 3.05) is 0 Å². The Morgan fingerprint density at radius 3 is 2.65 bits per heavy atom. The fraction of sp³-hybridized carbons (Fsp3) is 0.